The zero-order valence-corrected chi connectivity index (χ0v) is 8.78. The van der Waals surface area contributed by atoms with E-state index in [1.165, 1.54) is 19.3 Å². The molecule has 1 aliphatic heterocycles. The average molecular weight is 196 g/mol. The molecule has 0 unspecified atom stereocenters. The molecule has 0 spiro atoms. The molecular weight excluding hydrogens is 176 g/mol. The summed E-state index contributed by atoms with van der Waals surface area (Å²) in [5.74, 6) is 1.36. The first-order valence-electron chi connectivity index (χ1n) is 5.76. The van der Waals surface area contributed by atoms with Gasteiger partial charge in [-0.2, -0.15) is 0 Å². The van der Waals surface area contributed by atoms with Gasteiger partial charge in [0.15, 0.2) is 6.29 Å². The van der Waals surface area contributed by atoms with E-state index < -0.39 is 0 Å². The SMILES string of the molecule is C=CC[C@@H]1CCC[C@H]1C1OCCCO1. The van der Waals surface area contributed by atoms with Crippen molar-refractivity contribution in [3.63, 3.8) is 0 Å². The maximum atomic E-state index is 5.68. The van der Waals surface area contributed by atoms with E-state index in [0.29, 0.717) is 5.92 Å². The molecule has 2 fully saturated rings. The maximum Gasteiger partial charge on any atom is 0.160 e. The van der Waals surface area contributed by atoms with Crippen LogP contribution in [0, 0.1) is 11.8 Å². The second-order valence-electron chi connectivity index (χ2n) is 4.34. The van der Waals surface area contributed by atoms with Crippen LogP contribution < -0.4 is 0 Å². The minimum atomic E-state index is 0.0798. The molecule has 2 aliphatic rings. The Kier molecular flexibility index (Phi) is 3.60. The number of ether oxygens (including phenoxy) is 2. The second kappa shape index (κ2) is 4.94. The summed E-state index contributed by atoms with van der Waals surface area (Å²) in [7, 11) is 0. The number of allylic oxidation sites excluding steroid dienone is 1. The van der Waals surface area contributed by atoms with Crippen LogP contribution >= 0.6 is 0 Å². The molecule has 0 bridgehead atoms. The van der Waals surface area contributed by atoms with E-state index in [2.05, 4.69) is 6.58 Å². The van der Waals surface area contributed by atoms with Crippen molar-refractivity contribution in [3.8, 4) is 0 Å². The third-order valence-corrected chi connectivity index (χ3v) is 3.39. The van der Waals surface area contributed by atoms with Gasteiger partial charge in [0.25, 0.3) is 0 Å². The van der Waals surface area contributed by atoms with Gasteiger partial charge in [0.2, 0.25) is 0 Å². The monoisotopic (exact) mass is 196 g/mol. The number of hydrogen-bond acceptors (Lipinski definition) is 2. The van der Waals surface area contributed by atoms with E-state index in [9.17, 15) is 0 Å². The van der Waals surface area contributed by atoms with Gasteiger partial charge in [-0.3, -0.25) is 0 Å². The molecule has 0 N–H and O–H groups in total. The van der Waals surface area contributed by atoms with Gasteiger partial charge >= 0.3 is 0 Å². The lowest BCUT2D eigenvalue weighted by atomic mass is 9.92. The molecule has 80 valence electrons. The Morgan fingerprint density at radius 2 is 1.93 bits per heavy atom. The summed E-state index contributed by atoms with van der Waals surface area (Å²) in [4.78, 5) is 0. The smallest absolute Gasteiger partial charge is 0.160 e. The molecule has 2 nitrogen and oxygen atoms in total. The Bertz CT molecular complexity index is 185. The summed E-state index contributed by atoms with van der Waals surface area (Å²) in [5, 5.41) is 0. The fourth-order valence-corrected chi connectivity index (χ4v) is 2.68. The predicted octanol–water partition coefficient (Wildman–Crippen LogP) is 2.74. The van der Waals surface area contributed by atoms with Crippen molar-refractivity contribution in [3.05, 3.63) is 12.7 Å². The summed E-state index contributed by atoms with van der Waals surface area (Å²) < 4.78 is 11.4. The van der Waals surface area contributed by atoms with Crippen LogP contribution in [0.25, 0.3) is 0 Å². The molecule has 1 saturated heterocycles. The maximum absolute atomic E-state index is 5.68. The van der Waals surface area contributed by atoms with Crippen molar-refractivity contribution in [2.24, 2.45) is 11.8 Å². The van der Waals surface area contributed by atoms with Crippen molar-refractivity contribution in [2.75, 3.05) is 13.2 Å². The Morgan fingerprint density at radius 1 is 1.14 bits per heavy atom. The molecule has 1 heterocycles. The largest absolute Gasteiger partial charge is 0.352 e. The van der Waals surface area contributed by atoms with Gasteiger partial charge in [-0.1, -0.05) is 12.5 Å². The molecule has 0 aromatic carbocycles. The number of hydrogen-bond donors (Lipinski definition) is 0. The minimum Gasteiger partial charge on any atom is -0.352 e. The van der Waals surface area contributed by atoms with Crippen molar-refractivity contribution < 1.29 is 9.47 Å². The van der Waals surface area contributed by atoms with Gasteiger partial charge in [0.05, 0.1) is 13.2 Å². The fraction of sp³-hybridized carbons (Fsp3) is 0.833. The average Bonchev–Trinajstić information content (AvgIpc) is 2.68. The van der Waals surface area contributed by atoms with Gasteiger partial charge in [-0.15, -0.1) is 6.58 Å². The molecule has 0 aromatic heterocycles. The van der Waals surface area contributed by atoms with Crippen LogP contribution in [-0.2, 0) is 9.47 Å². The molecule has 0 aromatic rings. The lowest BCUT2D eigenvalue weighted by Crippen LogP contribution is -2.34. The standard InChI is InChI=1S/C12H20O2/c1-2-5-10-6-3-7-11(10)12-13-8-4-9-14-12/h2,10-12H,1,3-9H2/t10-,11-/m1/s1. The number of rotatable bonds is 3. The van der Waals surface area contributed by atoms with E-state index in [1.807, 2.05) is 6.08 Å². The highest BCUT2D eigenvalue weighted by molar-refractivity contribution is 4.85. The van der Waals surface area contributed by atoms with E-state index >= 15 is 0 Å². The van der Waals surface area contributed by atoms with Crippen LogP contribution in [0.5, 0.6) is 0 Å². The van der Waals surface area contributed by atoms with Crippen LogP contribution in [0.4, 0.5) is 0 Å². The van der Waals surface area contributed by atoms with E-state index in [4.69, 9.17) is 9.47 Å². The summed E-state index contributed by atoms with van der Waals surface area (Å²) in [6.07, 6.45) is 8.20. The molecule has 14 heavy (non-hydrogen) atoms. The molecule has 1 saturated carbocycles. The Balaban J connectivity index is 1.90. The van der Waals surface area contributed by atoms with Crippen LogP contribution in [0.2, 0.25) is 0 Å². The van der Waals surface area contributed by atoms with E-state index in [-0.39, 0.29) is 6.29 Å². The third kappa shape index (κ3) is 2.18. The van der Waals surface area contributed by atoms with Gasteiger partial charge in [0.1, 0.15) is 0 Å². The van der Waals surface area contributed by atoms with Crippen LogP contribution in [0.1, 0.15) is 32.1 Å². The lowest BCUT2D eigenvalue weighted by molar-refractivity contribution is -0.210. The van der Waals surface area contributed by atoms with Crippen molar-refractivity contribution in [2.45, 2.75) is 38.4 Å². The van der Waals surface area contributed by atoms with Crippen LogP contribution in [0.3, 0.4) is 0 Å². The Hall–Kier alpha value is -0.340. The summed E-state index contributed by atoms with van der Waals surface area (Å²) in [6.45, 7) is 5.58. The molecule has 2 atom stereocenters. The predicted molar refractivity (Wildman–Crippen MR) is 56.0 cm³/mol. The highest BCUT2D eigenvalue weighted by Gasteiger charge is 2.35. The Morgan fingerprint density at radius 3 is 2.64 bits per heavy atom. The third-order valence-electron chi connectivity index (χ3n) is 3.39. The molecule has 0 amide bonds. The van der Waals surface area contributed by atoms with Gasteiger partial charge in [-0.25, -0.2) is 0 Å². The highest BCUT2D eigenvalue weighted by Crippen LogP contribution is 2.38. The first kappa shape index (κ1) is 10.2. The summed E-state index contributed by atoms with van der Waals surface area (Å²) >= 11 is 0. The summed E-state index contributed by atoms with van der Waals surface area (Å²) in [5.41, 5.74) is 0. The minimum absolute atomic E-state index is 0.0798. The second-order valence-corrected chi connectivity index (χ2v) is 4.34. The Labute approximate surface area is 86.3 Å². The van der Waals surface area contributed by atoms with E-state index in [0.717, 1.165) is 32.0 Å². The lowest BCUT2D eigenvalue weighted by Gasteiger charge is -2.31. The van der Waals surface area contributed by atoms with Gasteiger partial charge in [0, 0.05) is 5.92 Å². The first-order valence-corrected chi connectivity index (χ1v) is 5.76. The molecular formula is C12H20O2. The molecule has 1 aliphatic carbocycles. The van der Waals surface area contributed by atoms with Crippen molar-refractivity contribution >= 4 is 0 Å². The van der Waals surface area contributed by atoms with E-state index in [1.54, 1.807) is 0 Å². The molecule has 2 rings (SSSR count). The van der Waals surface area contributed by atoms with Crippen molar-refractivity contribution in [1.82, 2.24) is 0 Å². The normalized spacial score (nSPS) is 34.6. The topological polar surface area (TPSA) is 18.5 Å². The zero-order valence-electron chi connectivity index (χ0n) is 8.78. The summed E-state index contributed by atoms with van der Waals surface area (Å²) in [6, 6.07) is 0. The zero-order chi connectivity index (χ0) is 9.80. The quantitative estimate of drug-likeness (QED) is 0.646. The fourth-order valence-electron chi connectivity index (χ4n) is 2.68. The highest BCUT2D eigenvalue weighted by atomic mass is 16.7. The molecule has 2 heteroatoms. The van der Waals surface area contributed by atoms with Gasteiger partial charge in [-0.05, 0) is 31.6 Å². The van der Waals surface area contributed by atoms with Crippen LogP contribution in [-0.4, -0.2) is 19.5 Å². The van der Waals surface area contributed by atoms with Crippen molar-refractivity contribution in [1.29, 1.82) is 0 Å². The van der Waals surface area contributed by atoms with Gasteiger partial charge < -0.3 is 9.47 Å². The first-order chi connectivity index (χ1) is 6.92. The molecule has 0 radical (unpaired) electrons. The van der Waals surface area contributed by atoms with Crippen LogP contribution in [0.15, 0.2) is 12.7 Å².